The molecule has 1 N–H and O–H groups in total. The van der Waals surface area contributed by atoms with E-state index in [-0.39, 0.29) is 30.6 Å². The van der Waals surface area contributed by atoms with Crippen molar-refractivity contribution >= 4 is 22.8 Å². The van der Waals surface area contributed by atoms with Crippen molar-refractivity contribution in [2.75, 3.05) is 6.61 Å². The van der Waals surface area contributed by atoms with E-state index in [1.54, 1.807) is 7.05 Å². The number of imidazole rings is 1. The number of carbonyl (C=O) groups excluding carboxylic acids is 1. The topological polar surface area (TPSA) is 108 Å². The van der Waals surface area contributed by atoms with Gasteiger partial charge in [0.05, 0.1) is 28.5 Å². The highest BCUT2D eigenvalue weighted by Crippen LogP contribution is 2.20. The zero-order chi connectivity index (χ0) is 15.1. The SMILES string of the molecule is Cn1c(=O)n(C[C@H]2COC(=O)N2)c2cc([N+](=O)[O-])ccc21. The summed E-state index contributed by atoms with van der Waals surface area (Å²) in [6.07, 6.45) is -0.528. The average molecular weight is 292 g/mol. The number of aryl methyl sites for hydroxylation is 1. The maximum Gasteiger partial charge on any atom is 0.407 e. The van der Waals surface area contributed by atoms with Crippen molar-refractivity contribution in [1.29, 1.82) is 0 Å². The third-order valence-corrected chi connectivity index (χ3v) is 3.48. The minimum absolute atomic E-state index is 0.0893. The smallest absolute Gasteiger partial charge is 0.407 e. The summed E-state index contributed by atoms with van der Waals surface area (Å²) < 4.78 is 7.60. The number of nitro groups is 1. The number of fused-ring (bicyclic) bond motifs is 1. The van der Waals surface area contributed by atoms with Crippen molar-refractivity contribution in [3.8, 4) is 0 Å². The standard InChI is InChI=1S/C12H12N4O5/c1-14-9-3-2-8(16(19)20)4-10(9)15(12(14)18)5-7-6-21-11(17)13-7/h2-4,7H,5-6H2,1H3,(H,13,17)/t7-/m0/s1. The van der Waals surface area contributed by atoms with Crippen molar-refractivity contribution in [2.24, 2.45) is 7.05 Å². The Balaban J connectivity index is 2.09. The molecule has 2 aromatic rings. The number of ether oxygens (including phenoxy) is 1. The minimum atomic E-state index is -0.528. The Morgan fingerprint density at radius 2 is 2.19 bits per heavy atom. The molecular formula is C12H12N4O5. The predicted octanol–water partition coefficient (Wildman–Crippen LogP) is 0.357. The van der Waals surface area contributed by atoms with Crippen LogP contribution in [0, 0.1) is 10.1 Å². The van der Waals surface area contributed by atoms with Gasteiger partial charge in [0.2, 0.25) is 0 Å². The molecule has 1 amide bonds. The second kappa shape index (κ2) is 4.62. The second-order valence-electron chi connectivity index (χ2n) is 4.82. The van der Waals surface area contributed by atoms with E-state index in [1.165, 1.54) is 27.3 Å². The van der Waals surface area contributed by atoms with Crippen molar-refractivity contribution in [1.82, 2.24) is 14.5 Å². The van der Waals surface area contributed by atoms with Gasteiger partial charge in [-0.2, -0.15) is 0 Å². The number of nitro benzene ring substituents is 1. The van der Waals surface area contributed by atoms with E-state index in [4.69, 9.17) is 4.74 Å². The number of aromatic nitrogens is 2. The van der Waals surface area contributed by atoms with Gasteiger partial charge in [-0.3, -0.25) is 19.2 Å². The van der Waals surface area contributed by atoms with Gasteiger partial charge < -0.3 is 10.1 Å². The van der Waals surface area contributed by atoms with Crippen molar-refractivity contribution in [2.45, 2.75) is 12.6 Å². The first-order valence-electron chi connectivity index (χ1n) is 6.24. The lowest BCUT2D eigenvalue weighted by Crippen LogP contribution is -2.35. The van der Waals surface area contributed by atoms with Crippen LogP contribution in [-0.4, -0.2) is 32.8 Å². The van der Waals surface area contributed by atoms with Crippen LogP contribution in [0.25, 0.3) is 11.0 Å². The van der Waals surface area contributed by atoms with Crippen molar-refractivity contribution in [3.05, 3.63) is 38.8 Å². The van der Waals surface area contributed by atoms with Crippen LogP contribution in [0.15, 0.2) is 23.0 Å². The molecule has 0 aliphatic carbocycles. The molecule has 0 radical (unpaired) electrons. The summed E-state index contributed by atoms with van der Waals surface area (Å²) in [6.45, 7) is 0.361. The summed E-state index contributed by atoms with van der Waals surface area (Å²) in [5, 5.41) is 13.4. The van der Waals surface area contributed by atoms with Crippen molar-refractivity contribution < 1.29 is 14.5 Å². The molecule has 0 spiro atoms. The summed E-state index contributed by atoms with van der Waals surface area (Å²) in [5.74, 6) is 0. The number of nitrogens with one attached hydrogen (secondary N) is 1. The Hall–Kier alpha value is -2.84. The summed E-state index contributed by atoms with van der Waals surface area (Å²) in [4.78, 5) is 33.6. The normalized spacial score (nSPS) is 17.8. The second-order valence-corrected chi connectivity index (χ2v) is 4.82. The number of cyclic esters (lactones) is 1. The Kier molecular flexibility index (Phi) is 2.89. The Morgan fingerprint density at radius 3 is 2.81 bits per heavy atom. The van der Waals surface area contributed by atoms with E-state index in [0.29, 0.717) is 11.0 Å². The summed E-state index contributed by atoms with van der Waals surface area (Å²) in [5.41, 5.74) is 0.661. The van der Waals surface area contributed by atoms with E-state index < -0.39 is 11.0 Å². The fraction of sp³-hybridized carbons (Fsp3) is 0.333. The number of carbonyl (C=O) groups is 1. The Labute approximate surface area is 117 Å². The predicted molar refractivity (Wildman–Crippen MR) is 72.1 cm³/mol. The number of hydrogen-bond acceptors (Lipinski definition) is 5. The number of alkyl carbamates (subject to hydrolysis) is 1. The van der Waals surface area contributed by atoms with Crippen LogP contribution in [0.4, 0.5) is 10.5 Å². The van der Waals surface area contributed by atoms with Crippen LogP contribution in [0.3, 0.4) is 0 Å². The first kappa shape index (κ1) is 13.2. The number of non-ortho nitro benzene ring substituents is 1. The van der Waals surface area contributed by atoms with E-state index in [1.807, 2.05) is 0 Å². The van der Waals surface area contributed by atoms with Gasteiger partial charge >= 0.3 is 11.8 Å². The first-order valence-corrected chi connectivity index (χ1v) is 6.24. The van der Waals surface area contributed by atoms with E-state index in [9.17, 15) is 19.7 Å². The van der Waals surface area contributed by atoms with E-state index in [0.717, 1.165) is 0 Å². The quantitative estimate of drug-likeness (QED) is 0.649. The highest BCUT2D eigenvalue weighted by Gasteiger charge is 2.25. The lowest BCUT2D eigenvalue weighted by atomic mass is 10.2. The van der Waals surface area contributed by atoms with Crippen LogP contribution in [0.5, 0.6) is 0 Å². The monoisotopic (exact) mass is 292 g/mol. The zero-order valence-corrected chi connectivity index (χ0v) is 11.1. The molecule has 3 rings (SSSR count). The molecule has 1 fully saturated rings. The molecule has 9 heteroatoms. The number of benzene rings is 1. The van der Waals surface area contributed by atoms with Gasteiger partial charge in [0.1, 0.15) is 6.61 Å². The molecule has 0 unspecified atom stereocenters. The molecule has 1 aromatic heterocycles. The molecule has 2 heterocycles. The minimum Gasteiger partial charge on any atom is -0.447 e. The van der Waals surface area contributed by atoms with Crippen LogP contribution in [-0.2, 0) is 18.3 Å². The molecule has 1 saturated heterocycles. The molecular weight excluding hydrogens is 280 g/mol. The van der Waals surface area contributed by atoms with Crippen molar-refractivity contribution in [3.63, 3.8) is 0 Å². The fourth-order valence-corrected chi connectivity index (χ4v) is 2.43. The van der Waals surface area contributed by atoms with Gasteiger partial charge in [-0.25, -0.2) is 9.59 Å². The van der Waals surface area contributed by atoms with Crippen LogP contribution < -0.4 is 11.0 Å². The summed E-state index contributed by atoms with van der Waals surface area (Å²) in [6, 6.07) is 3.91. The third kappa shape index (κ3) is 2.12. The lowest BCUT2D eigenvalue weighted by Gasteiger charge is -2.08. The maximum absolute atomic E-state index is 12.2. The molecule has 9 nitrogen and oxygen atoms in total. The van der Waals surface area contributed by atoms with Crippen LogP contribution in [0.1, 0.15) is 0 Å². The first-order chi connectivity index (χ1) is 9.97. The molecule has 1 aliphatic heterocycles. The number of nitrogens with zero attached hydrogens (tertiary/aromatic N) is 3. The molecule has 1 aliphatic rings. The van der Waals surface area contributed by atoms with Gasteiger partial charge in [-0.05, 0) is 6.07 Å². The fourth-order valence-electron chi connectivity index (χ4n) is 2.43. The highest BCUT2D eigenvalue weighted by molar-refractivity contribution is 5.79. The Bertz CT molecular complexity index is 806. The Morgan fingerprint density at radius 1 is 1.43 bits per heavy atom. The van der Waals surface area contributed by atoms with Gasteiger partial charge in [0, 0.05) is 19.2 Å². The van der Waals surface area contributed by atoms with Gasteiger partial charge in [-0.1, -0.05) is 0 Å². The highest BCUT2D eigenvalue weighted by atomic mass is 16.6. The van der Waals surface area contributed by atoms with E-state index in [2.05, 4.69) is 5.32 Å². The van der Waals surface area contributed by atoms with Crippen LogP contribution >= 0.6 is 0 Å². The maximum atomic E-state index is 12.2. The number of rotatable bonds is 3. The third-order valence-electron chi connectivity index (χ3n) is 3.48. The van der Waals surface area contributed by atoms with Gasteiger partial charge in [0.25, 0.3) is 5.69 Å². The lowest BCUT2D eigenvalue weighted by molar-refractivity contribution is -0.384. The largest absolute Gasteiger partial charge is 0.447 e. The van der Waals surface area contributed by atoms with E-state index >= 15 is 0 Å². The summed E-state index contributed by atoms with van der Waals surface area (Å²) >= 11 is 0. The molecule has 0 bridgehead atoms. The van der Waals surface area contributed by atoms with Crippen LogP contribution in [0.2, 0.25) is 0 Å². The molecule has 110 valence electrons. The summed E-state index contributed by atoms with van der Waals surface area (Å²) in [7, 11) is 1.59. The molecule has 1 aromatic carbocycles. The number of hydrogen-bond donors (Lipinski definition) is 1. The van der Waals surface area contributed by atoms with Gasteiger partial charge in [-0.15, -0.1) is 0 Å². The zero-order valence-electron chi connectivity index (χ0n) is 11.1. The molecule has 21 heavy (non-hydrogen) atoms. The molecule has 0 saturated carbocycles. The average Bonchev–Trinajstić information content (AvgIpc) is 2.96. The molecule has 1 atom stereocenters. The number of amides is 1. The van der Waals surface area contributed by atoms with Gasteiger partial charge in [0.15, 0.2) is 0 Å².